The predicted molar refractivity (Wildman–Crippen MR) is 122 cm³/mol. The highest BCUT2D eigenvalue weighted by Gasteiger charge is 2.29. The average molecular weight is 452 g/mol. The van der Waals surface area contributed by atoms with E-state index in [4.69, 9.17) is 4.42 Å². The van der Waals surface area contributed by atoms with Crippen LogP contribution < -0.4 is 0 Å². The Morgan fingerprint density at radius 2 is 1.78 bits per heavy atom. The second-order valence-corrected chi connectivity index (χ2v) is 10.5. The van der Waals surface area contributed by atoms with Crippen LogP contribution in [0.5, 0.6) is 0 Å². The van der Waals surface area contributed by atoms with E-state index in [0.717, 1.165) is 65.2 Å². The lowest BCUT2D eigenvalue weighted by Crippen LogP contribution is -2.37. The normalized spacial score (nSPS) is 18.8. The molecule has 0 unspecified atom stereocenters. The zero-order valence-electron chi connectivity index (χ0n) is 17.9. The standard InChI is InChI=1S/C24H25N3O4S/c1-32(29,30)27-12-8-16(9-13-27)23-15-21(24(31-23)17-6-10-25-11-7-17)19-2-4-20-18(14-19)3-5-22(20)26-28/h2,4,6-7,10-11,14-16,28H,3,5,8-9,12-13H2,1H3. The van der Waals surface area contributed by atoms with E-state index < -0.39 is 10.0 Å². The summed E-state index contributed by atoms with van der Waals surface area (Å²) in [4.78, 5) is 4.13. The van der Waals surface area contributed by atoms with Crippen LogP contribution in [0.25, 0.3) is 22.5 Å². The predicted octanol–water partition coefficient (Wildman–Crippen LogP) is 4.27. The number of fused-ring (bicyclic) bond motifs is 1. The quantitative estimate of drug-likeness (QED) is 0.472. The van der Waals surface area contributed by atoms with Gasteiger partial charge in [-0.15, -0.1) is 0 Å². The minimum absolute atomic E-state index is 0.171. The summed E-state index contributed by atoms with van der Waals surface area (Å²) >= 11 is 0. The lowest BCUT2D eigenvalue weighted by atomic mass is 9.93. The van der Waals surface area contributed by atoms with E-state index in [2.05, 4.69) is 22.3 Å². The van der Waals surface area contributed by atoms with Gasteiger partial charge in [-0.3, -0.25) is 4.98 Å². The number of piperidine rings is 1. The topological polar surface area (TPSA) is 96.0 Å². The number of aryl methyl sites for hydroxylation is 1. The molecule has 1 aromatic carbocycles. The number of furan rings is 1. The number of hydrogen-bond donors (Lipinski definition) is 1. The van der Waals surface area contributed by atoms with Crippen molar-refractivity contribution in [3.63, 3.8) is 0 Å². The smallest absolute Gasteiger partial charge is 0.211 e. The number of aromatic nitrogens is 1. The highest BCUT2D eigenvalue weighted by atomic mass is 32.2. The fourth-order valence-electron chi connectivity index (χ4n) is 4.76. The Labute approximate surface area is 187 Å². The van der Waals surface area contributed by atoms with Gasteiger partial charge in [-0.05, 0) is 55.0 Å². The van der Waals surface area contributed by atoms with E-state index in [1.54, 1.807) is 12.4 Å². The fourth-order valence-corrected chi connectivity index (χ4v) is 5.63. The molecule has 8 heteroatoms. The van der Waals surface area contributed by atoms with Crippen molar-refractivity contribution in [2.45, 2.75) is 31.6 Å². The first-order valence-electron chi connectivity index (χ1n) is 10.8. The third-order valence-electron chi connectivity index (χ3n) is 6.50. The zero-order chi connectivity index (χ0) is 22.3. The van der Waals surface area contributed by atoms with Crippen molar-refractivity contribution in [1.29, 1.82) is 0 Å². The third-order valence-corrected chi connectivity index (χ3v) is 7.80. The fraction of sp³-hybridized carbons (Fsp3) is 0.333. The summed E-state index contributed by atoms with van der Waals surface area (Å²) in [5.41, 5.74) is 5.91. The molecule has 1 saturated heterocycles. The number of oxime groups is 1. The molecule has 3 heterocycles. The SMILES string of the molecule is CS(=O)(=O)N1CCC(c2cc(-c3ccc4c(c3)CCC4=NO)c(-c3ccncc3)o2)CC1. The number of rotatable bonds is 4. The molecule has 7 nitrogen and oxygen atoms in total. The zero-order valence-corrected chi connectivity index (χ0v) is 18.7. The molecule has 1 N–H and O–H groups in total. The van der Waals surface area contributed by atoms with Gasteiger partial charge < -0.3 is 9.62 Å². The van der Waals surface area contributed by atoms with Crippen LogP contribution in [-0.2, 0) is 16.4 Å². The minimum atomic E-state index is -3.16. The van der Waals surface area contributed by atoms with Gasteiger partial charge in [0.15, 0.2) is 0 Å². The number of nitrogens with zero attached hydrogens (tertiary/aromatic N) is 3. The molecule has 2 aliphatic rings. The van der Waals surface area contributed by atoms with Gasteiger partial charge in [-0.1, -0.05) is 23.4 Å². The Bertz CT molecular complexity index is 1270. The van der Waals surface area contributed by atoms with Gasteiger partial charge in [0.05, 0.1) is 12.0 Å². The molecule has 0 atom stereocenters. The van der Waals surface area contributed by atoms with Gasteiger partial charge in [-0.2, -0.15) is 0 Å². The van der Waals surface area contributed by atoms with E-state index >= 15 is 0 Å². The molecule has 2 aromatic heterocycles. The molecule has 0 bridgehead atoms. The Hall–Kier alpha value is -2.97. The van der Waals surface area contributed by atoms with Crippen LogP contribution in [0.1, 0.15) is 42.1 Å². The summed E-state index contributed by atoms with van der Waals surface area (Å²) in [7, 11) is -3.16. The first kappa shape index (κ1) is 20.9. The highest BCUT2D eigenvalue weighted by molar-refractivity contribution is 7.88. The molecule has 0 spiro atoms. The van der Waals surface area contributed by atoms with Crippen LogP contribution in [0, 0.1) is 0 Å². The molecule has 166 valence electrons. The molecule has 5 rings (SSSR count). The van der Waals surface area contributed by atoms with Gasteiger partial charge in [-0.25, -0.2) is 12.7 Å². The average Bonchev–Trinajstić information content (AvgIpc) is 3.43. The lowest BCUT2D eigenvalue weighted by molar-refractivity contribution is 0.298. The van der Waals surface area contributed by atoms with Crippen molar-refractivity contribution in [3.05, 3.63) is 65.7 Å². The second kappa shape index (κ2) is 8.18. The van der Waals surface area contributed by atoms with Crippen LogP contribution >= 0.6 is 0 Å². The van der Waals surface area contributed by atoms with Crippen molar-refractivity contribution < 1.29 is 18.0 Å². The van der Waals surface area contributed by atoms with Crippen molar-refractivity contribution >= 4 is 15.7 Å². The Kier molecular flexibility index (Phi) is 5.35. The Morgan fingerprint density at radius 3 is 2.47 bits per heavy atom. The van der Waals surface area contributed by atoms with E-state index in [-0.39, 0.29) is 5.92 Å². The van der Waals surface area contributed by atoms with Crippen LogP contribution in [0.4, 0.5) is 0 Å². The summed E-state index contributed by atoms with van der Waals surface area (Å²) in [6, 6.07) is 12.2. The maximum atomic E-state index is 11.9. The van der Waals surface area contributed by atoms with Gasteiger partial charge in [0.2, 0.25) is 10.0 Å². The molecule has 1 aliphatic heterocycles. The van der Waals surface area contributed by atoms with Crippen LogP contribution in [-0.4, -0.2) is 48.0 Å². The molecule has 0 amide bonds. The van der Waals surface area contributed by atoms with Crippen molar-refractivity contribution in [2.75, 3.05) is 19.3 Å². The first-order valence-corrected chi connectivity index (χ1v) is 12.6. The van der Waals surface area contributed by atoms with Gasteiger partial charge in [0.25, 0.3) is 0 Å². The van der Waals surface area contributed by atoms with E-state index in [1.807, 2.05) is 24.3 Å². The van der Waals surface area contributed by atoms with Crippen LogP contribution in [0.15, 0.2) is 58.4 Å². The molecule has 0 radical (unpaired) electrons. The largest absolute Gasteiger partial charge is 0.460 e. The van der Waals surface area contributed by atoms with Gasteiger partial charge in [0, 0.05) is 48.1 Å². The number of pyridine rings is 1. The van der Waals surface area contributed by atoms with E-state index in [9.17, 15) is 13.6 Å². The minimum Gasteiger partial charge on any atom is -0.460 e. The van der Waals surface area contributed by atoms with E-state index in [1.165, 1.54) is 16.1 Å². The molecule has 1 fully saturated rings. The molecular formula is C24H25N3O4S. The summed E-state index contributed by atoms with van der Waals surface area (Å²) in [5.74, 6) is 1.85. The molecule has 3 aromatic rings. The van der Waals surface area contributed by atoms with E-state index in [0.29, 0.717) is 13.1 Å². The number of sulfonamides is 1. The maximum absolute atomic E-state index is 11.9. The second-order valence-electron chi connectivity index (χ2n) is 8.48. The number of benzene rings is 1. The Morgan fingerprint density at radius 1 is 1.03 bits per heavy atom. The van der Waals surface area contributed by atoms with Crippen molar-refractivity contribution in [1.82, 2.24) is 9.29 Å². The first-order chi connectivity index (χ1) is 15.4. The summed E-state index contributed by atoms with van der Waals surface area (Å²) in [6.45, 7) is 1.01. The molecule has 32 heavy (non-hydrogen) atoms. The summed E-state index contributed by atoms with van der Waals surface area (Å²) < 4.78 is 31.7. The van der Waals surface area contributed by atoms with Crippen LogP contribution in [0.2, 0.25) is 0 Å². The monoisotopic (exact) mass is 451 g/mol. The highest BCUT2D eigenvalue weighted by Crippen LogP contribution is 2.41. The van der Waals surface area contributed by atoms with Crippen molar-refractivity contribution in [3.8, 4) is 22.5 Å². The maximum Gasteiger partial charge on any atom is 0.211 e. The molecular weight excluding hydrogens is 426 g/mol. The molecule has 1 aliphatic carbocycles. The van der Waals surface area contributed by atoms with Gasteiger partial charge in [0.1, 0.15) is 11.5 Å². The van der Waals surface area contributed by atoms with Crippen molar-refractivity contribution in [2.24, 2.45) is 5.16 Å². The summed E-state index contributed by atoms with van der Waals surface area (Å²) in [6.07, 6.45) is 7.81. The van der Waals surface area contributed by atoms with Crippen LogP contribution in [0.3, 0.4) is 0 Å². The summed E-state index contributed by atoms with van der Waals surface area (Å²) in [5, 5.41) is 12.7. The van der Waals surface area contributed by atoms with Gasteiger partial charge >= 0.3 is 0 Å². The molecule has 0 saturated carbocycles. The third kappa shape index (κ3) is 3.84. The lowest BCUT2D eigenvalue weighted by Gasteiger charge is -2.29. The Balaban J connectivity index is 1.52. The number of hydrogen-bond acceptors (Lipinski definition) is 6.